The SMILES string of the molecule is COCCCOCCOc1ccc(Cl)cc1C(=O)O. The minimum atomic E-state index is -1.07. The maximum absolute atomic E-state index is 11.0. The van der Waals surface area contributed by atoms with Gasteiger partial charge in [-0.15, -0.1) is 0 Å². The second kappa shape index (κ2) is 8.74. The van der Waals surface area contributed by atoms with Gasteiger partial charge in [0.2, 0.25) is 0 Å². The van der Waals surface area contributed by atoms with E-state index in [4.69, 9.17) is 30.9 Å². The molecular formula is C13H17ClO5. The van der Waals surface area contributed by atoms with Crippen molar-refractivity contribution in [3.63, 3.8) is 0 Å². The van der Waals surface area contributed by atoms with E-state index in [0.29, 0.717) is 24.8 Å². The molecule has 0 heterocycles. The summed E-state index contributed by atoms with van der Waals surface area (Å²) in [5, 5.41) is 9.37. The fraction of sp³-hybridized carbons (Fsp3) is 0.462. The Bertz CT molecular complexity index is 408. The lowest BCUT2D eigenvalue weighted by Crippen LogP contribution is -2.10. The van der Waals surface area contributed by atoms with Crippen LogP contribution in [0.5, 0.6) is 5.75 Å². The molecule has 19 heavy (non-hydrogen) atoms. The van der Waals surface area contributed by atoms with Crippen LogP contribution in [0.15, 0.2) is 18.2 Å². The number of halogens is 1. The maximum Gasteiger partial charge on any atom is 0.339 e. The monoisotopic (exact) mass is 288 g/mol. The van der Waals surface area contributed by atoms with E-state index >= 15 is 0 Å². The van der Waals surface area contributed by atoms with Gasteiger partial charge in [-0.1, -0.05) is 11.6 Å². The normalized spacial score (nSPS) is 10.4. The molecule has 0 unspecified atom stereocenters. The van der Waals surface area contributed by atoms with Crippen molar-refractivity contribution in [1.82, 2.24) is 0 Å². The highest BCUT2D eigenvalue weighted by molar-refractivity contribution is 6.31. The first-order valence-electron chi connectivity index (χ1n) is 5.87. The zero-order valence-electron chi connectivity index (χ0n) is 10.7. The lowest BCUT2D eigenvalue weighted by Gasteiger charge is -2.09. The summed E-state index contributed by atoms with van der Waals surface area (Å²) in [7, 11) is 1.64. The van der Waals surface area contributed by atoms with Crippen LogP contribution in [0.2, 0.25) is 5.02 Å². The number of ether oxygens (including phenoxy) is 3. The highest BCUT2D eigenvalue weighted by Gasteiger charge is 2.11. The van der Waals surface area contributed by atoms with Gasteiger partial charge in [0.25, 0.3) is 0 Å². The van der Waals surface area contributed by atoms with Crippen LogP contribution in [0, 0.1) is 0 Å². The lowest BCUT2D eigenvalue weighted by atomic mass is 10.2. The third-order valence-electron chi connectivity index (χ3n) is 2.29. The molecule has 0 spiro atoms. The maximum atomic E-state index is 11.0. The Morgan fingerprint density at radius 2 is 2.05 bits per heavy atom. The van der Waals surface area contributed by atoms with Crippen LogP contribution in [0.1, 0.15) is 16.8 Å². The number of hydrogen-bond acceptors (Lipinski definition) is 4. The molecule has 1 N–H and O–H groups in total. The van der Waals surface area contributed by atoms with Crippen LogP contribution in [-0.2, 0) is 9.47 Å². The average molecular weight is 289 g/mol. The molecule has 0 bridgehead atoms. The van der Waals surface area contributed by atoms with Gasteiger partial charge in [0, 0.05) is 25.3 Å². The quantitative estimate of drug-likeness (QED) is 0.707. The summed E-state index contributed by atoms with van der Waals surface area (Å²) in [5.74, 6) is -0.782. The Morgan fingerprint density at radius 3 is 2.74 bits per heavy atom. The van der Waals surface area contributed by atoms with Gasteiger partial charge in [-0.25, -0.2) is 4.79 Å². The lowest BCUT2D eigenvalue weighted by molar-refractivity contribution is 0.0677. The Hall–Kier alpha value is -1.30. The molecular weight excluding hydrogens is 272 g/mol. The molecule has 6 heteroatoms. The van der Waals surface area contributed by atoms with Gasteiger partial charge in [-0.2, -0.15) is 0 Å². The highest BCUT2D eigenvalue weighted by atomic mass is 35.5. The topological polar surface area (TPSA) is 65.0 Å². The molecule has 0 aliphatic carbocycles. The van der Waals surface area contributed by atoms with Gasteiger partial charge >= 0.3 is 5.97 Å². The van der Waals surface area contributed by atoms with Crippen LogP contribution in [0.3, 0.4) is 0 Å². The number of aromatic carboxylic acids is 1. The van der Waals surface area contributed by atoms with E-state index in [2.05, 4.69) is 0 Å². The van der Waals surface area contributed by atoms with E-state index in [1.54, 1.807) is 13.2 Å². The van der Waals surface area contributed by atoms with Crippen LogP contribution >= 0.6 is 11.6 Å². The van der Waals surface area contributed by atoms with Crippen molar-refractivity contribution >= 4 is 17.6 Å². The number of carboxylic acid groups (broad SMARTS) is 1. The molecule has 0 fully saturated rings. The van der Waals surface area contributed by atoms with Crippen LogP contribution in [-0.4, -0.2) is 44.6 Å². The van der Waals surface area contributed by atoms with Gasteiger partial charge < -0.3 is 19.3 Å². The summed E-state index contributed by atoms with van der Waals surface area (Å²) < 4.78 is 15.5. The largest absolute Gasteiger partial charge is 0.490 e. The first-order chi connectivity index (χ1) is 9.15. The number of rotatable bonds is 9. The second-order valence-electron chi connectivity index (χ2n) is 3.75. The van der Waals surface area contributed by atoms with Crippen LogP contribution in [0.25, 0.3) is 0 Å². The van der Waals surface area contributed by atoms with Crippen molar-refractivity contribution in [2.75, 3.05) is 33.5 Å². The third-order valence-corrected chi connectivity index (χ3v) is 2.53. The fourth-order valence-corrected chi connectivity index (χ4v) is 1.59. The minimum absolute atomic E-state index is 0.0480. The van der Waals surface area contributed by atoms with Crippen molar-refractivity contribution in [3.8, 4) is 5.75 Å². The van der Waals surface area contributed by atoms with Crippen molar-refractivity contribution in [1.29, 1.82) is 0 Å². The average Bonchev–Trinajstić information content (AvgIpc) is 2.39. The number of carboxylic acids is 1. The zero-order chi connectivity index (χ0) is 14.1. The summed E-state index contributed by atoms with van der Waals surface area (Å²) in [6.07, 6.45) is 0.817. The van der Waals surface area contributed by atoms with Crippen molar-refractivity contribution in [3.05, 3.63) is 28.8 Å². The third kappa shape index (κ3) is 5.92. The zero-order valence-corrected chi connectivity index (χ0v) is 11.5. The molecule has 106 valence electrons. The van der Waals surface area contributed by atoms with E-state index in [0.717, 1.165) is 6.42 Å². The minimum Gasteiger partial charge on any atom is -0.490 e. The molecule has 0 atom stereocenters. The smallest absolute Gasteiger partial charge is 0.339 e. The predicted molar refractivity (Wildman–Crippen MR) is 71.2 cm³/mol. The summed E-state index contributed by atoms with van der Waals surface area (Å²) in [6.45, 7) is 1.92. The van der Waals surface area contributed by atoms with Crippen molar-refractivity contribution in [2.45, 2.75) is 6.42 Å². The van der Waals surface area contributed by atoms with Gasteiger partial charge in [-0.05, 0) is 24.6 Å². The number of carbonyl (C=O) groups is 1. The summed E-state index contributed by atoms with van der Waals surface area (Å²) in [4.78, 5) is 11.0. The number of methoxy groups -OCH3 is 1. The van der Waals surface area contributed by atoms with Crippen molar-refractivity contribution < 1.29 is 24.1 Å². The van der Waals surface area contributed by atoms with E-state index in [1.165, 1.54) is 12.1 Å². The molecule has 0 aliphatic heterocycles. The van der Waals surface area contributed by atoms with Crippen LogP contribution < -0.4 is 4.74 Å². The molecule has 1 rings (SSSR count). The second-order valence-corrected chi connectivity index (χ2v) is 4.19. The molecule has 0 radical (unpaired) electrons. The molecule has 0 amide bonds. The van der Waals surface area contributed by atoms with Gasteiger partial charge in [0.05, 0.1) is 6.61 Å². The summed E-state index contributed by atoms with van der Waals surface area (Å²) in [6, 6.07) is 4.48. The summed E-state index contributed by atoms with van der Waals surface area (Å²) in [5.41, 5.74) is 0.0480. The Labute approximate surface area is 117 Å². The molecule has 1 aromatic carbocycles. The standard InChI is InChI=1S/C13H17ClO5/c1-17-5-2-6-18-7-8-19-12-4-3-10(14)9-11(12)13(15)16/h3-4,9H,2,5-8H2,1H3,(H,15,16). The Kier molecular flexibility index (Phi) is 7.25. The van der Waals surface area contributed by atoms with E-state index in [1.807, 2.05) is 0 Å². The Morgan fingerprint density at radius 1 is 1.26 bits per heavy atom. The molecule has 5 nitrogen and oxygen atoms in total. The van der Waals surface area contributed by atoms with Crippen LogP contribution in [0.4, 0.5) is 0 Å². The Balaban J connectivity index is 2.35. The van der Waals surface area contributed by atoms with Gasteiger partial charge in [-0.3, -0.25) is 0 Å². The first kappa shape index (κ1) is 15.8. The molecule has 0 saturated carbocycles. The number of benzene rings is 1. The van der Waals surface area contributed by atoms with E-state index < -0.39 is 5.97 Å². The number of hydrogen-bond donors (Lipinski definition) is 1. The molecule has 0 aliphatic rings. The van der Waals surface area contributed by atoms with E-state index in [9.17, 15) is 4.79 Å². The predicted octanol–water partition coefficient (Wildman–Crippen LogP) is 2.47. The van der Waals surface area contributed by atoms with E-state index in [-0.39, 0.29) is 17.9 Å². The molecule has 1 aromatic rings. The highest BCUT2D eigenvalue weighted by Crippen LogP contribution is 2.22. The molecule has 0 saturated heterocycles. The van der Waals surface area contributed by atoms with Gasteiger partial charge in [0.15, 0.2) is 0 Å². The van der Waals surface area contributed by atoms with Gasteiger partial charge in [0.1, 0.15) is 17.9 Å². The fourth-order valence-electron chi connectivity index (χ4n) is 1.41. The first-order valence-corrected chi connectivity index (χ1v) is 6.25. The van der Waals surface area contributed by atoms with Crippen molar-refractivity contribution in [2.24, 2.45) is 0 Å². The molecule has 0 aromatic heterocycles. The summed E-state index contributed by atoms with van der Waals surface area (Å²) >= 11 is 5.74.